The Kier molecular flexibility index (Phi) is 5.10. The van der Waals surface area contributed by atoms with Crippen LogP contribution in [0.2, 0.25) is 0 Å². The van der Waals surface area contributed by atoms with E-state index in [9.17, 15) is 0 Å². The molecule has 0 saturated heterocycles. The molecule has 0 unspecified atom stereocenters. The van der Waals surface area contributed by atoms with Crippen LogP contribution in [-0.4, -0.2) is 21.3 Å². The lowest BCUT2D eigenvalue weighted by Crippen LogP contribution is -2.03. The maximum absolute atomic E-state index is 8.80. The van der Waals surface area contributed by atoms with Crippen LogP contribution in [0.1, 0.15) is 11.1 Å². The number of nitriles is 1. The Morgan fingerprint density at radius 3 is 2.05 bits per heavy atom. The van der Waals surface area contributed by atoms with Crippen molar-refractivity contribution in [1.29, 1.82) is 5.26 Å². The maximum atomic E-state index is 8.80. The number of ether oxygens (including phenoxy) is 3. The van der Waals surface area contributed by atoms with Crippen LogP contribution in [0.4, 0.5) is 5.69 Å². The van der Waals surface area contributed by atoms with E-state index in [2.05, 4.69) is 11.4 Å². The van der Waals surface area contributed by atoms with Crippen molar-refractivity contribution in [1.82, 2.24) is 0 Å². The second-order valence-electron chi connectivity index (χ2n) is 4.56. The van der Waals surface area contributed by atoms with Gasteiger partial charge in [0.1, 0.15) is 5.75 Å². The Balaban J connectivity index is 2.19. The lowest BCUT2D eigenvalue weighted by molar-refractivity contribution is 0.347. The molecule has 0 aliphatic carbocycles. The molecular formula is C17H18N2O3. The second-order valence-corrected chi connectivity index (χ2v) is 4.56. The summed E-state index contributed by atoms with van der Waals surface area (Å²) in [5, 5.41) is 12.1. The van der Waals surface area contributed by atoms with Gasteiger partial charge in [0.15, 0.2) is 11.5 Å². The number of hydrogen-bond donors (Lipinski definition) is 1. The number of methoxy groups -OCH3 is 3. The molecule has 2 aromatic rings. The molecule has 0 fully saturated rings. The third kappa shape index (κ3) is 3.41. The lowest BCUT2D eigenvalue weighted by Gasteiger charge is -2.15. The van der Waals surface area contributed by atoms with Crippen molar-refractivity contribution in [2.24, 2.45) is 0 Å². The van der Waals surface area contributed by atoms with Gasteiger partial charge in [0.05, 0.1) is 33.0 Å². The highest BCUT2D eigenvalue weighted by Crippen LogP contribution is 2.34. The molecule has 0 radical (unpaired) electrons. The molecule has 0 atom stereocenters. The van der Waals surface area contributed by atoms with E-state index < -0.39 is 0 Å². The molecule has 2 aromatic carbocycles. The summed E-state index contributed by atoms with van der Waals surface area (Å²) >= 11 is 0. The van der Waals surface area contributed by atoms with E-state index in [0.29, 0.717) is 23.6 Å². The molecule has 0 aromatic heterocycles. The Hall–Kier alpha value is -2.87. The van der Waals surface area contributed by atoms with Gasteiger partial charge in [-0.05, 0) is 30.3 Å². The molecule has 22 heavy (non-hydrogen) atoms. The minimum Gasteiger partial charge on any atom is -0.496 e. The monoisotopic (exact) mass is 298 g/mol. The summed E-state index contributed by atoms with van der Waals surface area (Å²) in [5.74, 6) is 2.00. The predicted molar refractivity (Wildman–Crippen MR) is 84.6 cm³/mol. The quantitative estimate of drug-likeness (QED) is 0.887. The molecule has 5 nitrogen and oxygen atoms in total. The number of rotatable bonds is 6. The first-order valence-electron chi connectivity index (χ1n) is 6.74. The van der Waals surface area contributed by atoms with E-state index >= 15 is 0 Å². The molecule has 0 bridgehead atoms. The fourth-order valence-electron chi connectivity index (χ4n) is 2.09. The molecule has 114 valence electrons. The highest BCUT2D eigenvalue weighted by Gasteiger charge is 2.11. The molecule has 0 amide bonds. The summed E-state index contributed by atoms with van der Waals surface area (Å²) in [6.45, 7) is 0.565. The first-order chi connectivity index (χ1) is 10.7. The van der Waals surface area contributed by atoms with E-state index in [1.54, 1.807) is 39.5 Å². The average molecular weight is 298 g/mol. The minimum atomic E-state index is 0.565. The van der Waals surface area contributed by atoms with Crippen molar-refractivity contribution < 1.29 is 14.2 Å². The number of anilines is 1. The van der Waals surface area contributed by atoms with Gasteiger partial charge < -0.3 is 19.5 Å². The number of nitrogens with one attached hydrogen (secondary N) is 1. The fraction of sp³-hybridized carbons (Fsp3) is 0.235. The van der Waals surface area contributed by atoms with Crippen molar-refractivity contribution in [2.45, 2.75) is 6.54 Å². The van der Waals surface area contributed by atoms with Crippen molar-refractivity contribution in [2.75, 3.05) is 26.6 Å². The van der Waals surface area contributed by atoms with Crippen LogP contribution in [0, 0.1) is 11.3 Å². The van der Waals surface area contributed by atoms with Crippen molar-refractivity contribution in [3.63, 3.8) is 0 Å². The van der Waals surface area contributed by atoms with Crippen LogP contribution in [0.5, 0.6) is 17.2 Å². The van der Waals surface area contributed by atoms with Crippen LogP contribution in [-0.2, 0) is 6.54 Å². The van der Waals surface area contributed by atoms with Gasteiger partial charge in [0.25, 0.3) is 0 Å². The molecule has 0 spiro atoms. The minimum absolute atomic E-state index is 0.565. The van der Waals surface area contributed by atoms with E-state index in [1.807, 2.05) is 18.2 Å². The normalized spacial score (nSPS) is 9.73. The third-order valence-electron chi connectivity index (χ3n) is 3.28. The predicted octanol–water partition coefficient (Wildman–Crippen LogP) is 3.20. The summed E-state index contributed by atoms with van der Waals surface area (Å²) in [4.78, 5) is 0. The number of nitrogens with zero attached hydrogens (tertiary/aromatic N) is 1. The lowest BCUT2D eigenvalue weighted by atomic mass is 10.1. The van der Waals surface area contributed by atoms with Crippen LogP contribution < -0.4 is 19.5 Å². The van der Waals surface area contributed by atoms with Crippen molar-refractivity contribution >= 4 is 5.69 Å². The highest BCUT2D eigenvalue weighted by atomic mass is 16.5. The fourth-order valence-corrected chi connectivity index (χ4v) is 2.09. The SMILES string of the molecule is COc1cc(OC)c(OC)cc1CNc1ccc(C#N)cc1. The van der Waals surface area contributed by atoms with Gasteiger partial charge in [-0.25, -0.2) is 0 Å². The first-order valence-corrected chi connectivity index (χ1v) is 6.74. The van der Waals surface area contributed by atoms with Gasteiger partial charge in [0, 0.05) is 23.9 Å². The molecule has 2 rings (SSSR count). The molecule has 0 aliphatic rings. The molecule has 0 heterocycles. The molecule has 0 aliphatic heterocycles. The second kappa shape index (κ2) is 7.23. The van der Waals surface area contributed by atoms with Crippen LogP contribution in [0.25, 0.3) is 0 Å². The van der Waals surface area contributed by atoms with Gasteiger partial charge in [-0.3, -0.25) is 0 Å². The summed E-state index contributed by atoms with van der Waals surface area (Å²) in [6, 6.07) is 13.1. The molecule has 1 N–H and O–H groups in total. The highest BCUT2D eigenvalue weighted by molar-refractivity contribution is 5.53. The summed E-state index contributed by atoms with van der Waals surface area (Å²) in [5.41, 5.74) is 2.51. The largest absolute Gasteiger partial charge is 0.496 e. The third-order valence-corrected chi connectivity index (χ3v) is 3.28. The number of benzene rings is 2. The zero-order valence-corrected chi connectivity index (χ0v) is 12.8. The van der Waals surface area contributed by atoms with Crippen LogP contribution in [0.15, 0.2) is 36.4 Å². The van der Waals surface area contributed by atoms with E-state index in [1.165, 1.54) is 0 Å². The van der Waals surface area contributed by atoms with Crippen LogP contribution in [0.3, 0.4) is 0 Å². The zero-order valence-electron chi connectivity index (χ0n) is 12.8. The van der Waals surface area contributed by atoms with Crippen molar-refractivity contribution in [3.05, 3.63) is 47.5 Å². The van der Waals surface area contributed by atoms with Gasteiger partial charge in [0.2, 0.25) is 0 Å². The standard InChI is InChI=1S/C17H18N2O3/c1-20-15-9-17(22-3)16(21-2)8-13(15)11-19-14-6-4-12(10-18)5-7-14/h4-9,19H,11H2,1-3H3. The van der Waals surface area contributed by atoms with Crippen molar-refractivity contribution in [3.8, 4) is 23.3 Å². The van der Waals surface area contributed by atoms with Gasteiger partial charge >= 0.3 is 0 Å². The molecule has 5 heteroatoms. The first kappa shape index (κ1) is 15.5. The molecule has 0 saturated carbocycles. The van der Waals surface area contributed by atoms with E-state index in [4.69, 9.17) is 19.5 Å². The van der Waals surface area contributed by atoms with Crippen LogP contribution >= 0.6 is 0 Å². The van der Waals surface area contributed by atoms with Gasteiger partial charge in [-0.15, -0.1) is 0 Å². The Morgan fingerprint density at radius 1 is 0.909 bits per heavy atom. The smallest absolute Gasteiger partial charge is 0.164 e. The molecular weight excluding hydrogens is 280 g/mol. The average Bonchev–Trinajstić information content (AvgIpc) is 2.59. The topological polar surface area (TPSA) is 63.5 Å². The summed E-state index contributed by atoms with van der Waals surface area (Å²) in [7, 11) is 4.81. The van der Waals surface area contributed by atoms with Gasteiger partial charge in [-0.2, -0.15) is 5.26 Å². The zero-order chi connectivity index (χ0) is 15.9. The Morgan fingerprint density at radius 2 is 1.50 bits per heavy atom. The Labute approximate surface area is 130 Å². The maximum Gasteiger partial charge on any atom is 0.164 e. The summed E-state index contributed by atoms with van der Waals surface area (Å²) in [6.07, 6.45) is 0. The Bertz CT molecular complexity index is 676. The summed E-state index contributed by atoms with van der Waals surface area (Å²) < 4.78 is 16.0. The number of hydrogen-bond acceptors (Lipinski definition) is 5. The van der Waals surface area contributed by atoms with E-state index in [-0.39, 0.29) is 0 Å². The van der Waals surface area contributed by atoms with E-state index in [0.717, 1.165) is 17.0 Å². The van der Waals surface area contributed by atoms with Gasteiger partial charge in [-0.1, -0.05) is 0 Å².